The maximum Gasteiger partial charge on any atom is 0.255 e. The van der Waals surface area contributed by atoms with Crippen molar-refractivity contribution in [2.45, 2.75) is 83.3 Å². The lowest BCUT2D eigenvalue weighted by Gasteiger charge is -2.34. The van der Waals surface area contributed by atoms with Gasteiger partial charge in [0.1, 0.15) is 18.8 Å². The third kappa shape index (κ3) is 7.95. The molecule has 0 spiro atoms. The number of pyridine rings is 1. The first-order valence-corrected chi connectivity index (χ1v) is 20.5. The number of aromatic nitrogens is 4. The van der Waals surface area contributed by atoms with E-state index in [0.717, 1.165) is 105 Å². The molecule has 1 unspecified atom stereocenters. The van der Waals surface area contributed by atoms with Crippen LogP contribution in [-0.4, -0.2) is 78.6 Å². The van der Waals surface area contributed by atoms with E-state index in [1.54, 1.807) is 12.5 Å². The van der Waals surface area contributed by atoms with Gasteiger partial charge in [0.15, 0.2) is 0 Å². The lowest BCUT2D eigenvalue weighted by atomic mass is 10.0. The van der Waals surface area contributed by atoms with Crippen molar-refractivity contribution in [1.29, 1.82) is 0 Å². The predicted molar refractivity (Wildman–Crippen MR) is 180 cm³/mol. The van der Waals surface area contributed by atoms with Crippen LogP contribution in [0.1, 0.15) is 55.6 Å². The molecule has 0 aliphatic carbocycles. The van der Waals surface area contributed by atoms with Crippen LogP contribution in [0.4, 0.5) is 0 Å². The molecular weight excluding hydrogens is 599 g/mol. The highest BCUT2D eigenvalue weighted by Gasteiger charge is 2.42. The molecule has 3 aromatic heterocycles. The Kier molecular flexibility index (Phi) is 10.7. The molecule has 5 heterocycles. The number of rotatable bonds is 15. The lowest BCUT2D eigenvalue weighted by molar-refractivity contribution is -0.187. The van der Waals surface area contributed by atoms with Crippen LogP contribution in [0.25, 0.3) is 22.2 Å². The smallest absolute Gasteiger partial charge is 0.255 e. The van der Waals surface area contributed by atoms with Gasteiger partial charge in [0.2, 0.25) is 5.79 Å². The van der Waals surface area contributed by atoms with Crippen molar-refractivity contribution in [2.24, 2.45) is 0 Å². The Labute approximate surface area is 273 Å². The number of nitrogens with zero attached hydrogens (tertiary/aromatic N) is 5. The highest BCUT2D eigenvalue weighted by Crippen LogP contribution is 2.37. The first-order chi connectivity index (χ1) is 22.3. The molecule has 0 saturated carbocycles. The highest BCUT2D eigenvalue weighted by molar-refractivity contribution is 6.76. The number of ether oxygens (including phenoxy) is 4. The second-order valence-corrected chi connectivity index (χ2v) is 19.3. The Morgan fingerprint density at radius 3 is 2.57 bits per heavy atom. The molecule has 248 valence electrons. The summed E-state index contributed by atoms with van der Waals surface area (Å²) in [5.41, 5.74) is 4.23. The normalized spacial score (nSPS) is 18.0. The van der Waals surface area contributed by atoms with Crippen molar-refractivity contribution in [2.75, 3.05) is 46.1 Å². The van der Waals surface area contributed by atoms with E-state index in [4.69, 9.17) is 33.3 Å². The van der Waals surface area contributed by atoms with E-state index >= 15 is 0 Å². The number of hydrogen-bond acceptors (Lipinski definition) is 9. The Morgan fingerprint density at radius 1 is 0.978 bits per heavy atom. The van der Waals surface area contributed by atoms with E-state index in [1.807, 2.05) is 13.1 Å². The molecule has 6 rings (SSSR count). The third-order valence-electron chi connectivity index (χ3n) is 9.01. The summed E-state index contributed by atoms with van der Waals surface area (Å²) in [6.45, 7) is 14.8. The number of hydrogen-bond donors (Lipinski definition) is 0. The van der Waals surface area contributed by atoms with Crippen molar-refractivity contribution < 1.29 is 23.4 Å². The largest absolute Gasteiger partial charge is 0.444 e. The van der Waals surface area contributed by atoms with E-state index in [-0.39, 0.29) is 6.04 Å². The number of oxazole rings is 1. The first-order valence-electron chi connectivity index (χ1n) is 16.8. The molecule has 4 aromatic rings. The minimum Gasteiger partial charge on any atom is -0.444 e. The summed E-state index contributed by atoms with van der Waals surface area (Å²) in [5, 5.41) is 1.12. The number of morpholine rings is 1. The SMILES string of the molecule is Cc1ccc2cc(-c3cnc(C(CCCCCC4(c5ncco5)OCCO4)N4CCOCC4)n3COCC[Si](C)(C)C)ccc2n1. The average Bonchev–Trinajstić information content (AvgIpc) is 3.83. The van der Waals surface area contributed by atoms with Gasteiger partial charge >= 0.3 is 0 Å². The fourth-order valence-electron chi connectivity index (χ4n) is 6.42. The van der Waals surface area contributed by atoms with E-state index in [1.165, 1.54) is 0 Å². The van der Waals surface area contributed by atoms with Crippen LogP contribution in [-0.2, 0) is 31.5 Å². The van der Waals surface area contributed by atoms with Gasteiger partial charge < -0.3 is 27.9 Å². The van der Waals surface area contributed by atoms with Crippen molar-refractivity contribution in [3.63, 3.8) is 0 Å². The van der Waals surface area contributed by atoms with Gasteiger partial charge in [-0.1, -0.05) is 44.6 Å². The topological polar surface area (TPSA) is 96.9 Å². The van der Waals surface area contributed by atoms with Gasteiger partial charge in [-0.2, -0.15) is 0 Å². The van der Waals surface area contributed by atoms with Crippen molar-refractivity contribution in [1.82, 2.24) is 24.4 Å². The van der Waals surface area contributed by atoms with Crippen LogP contribution in [0.5, 0.6) is 0 Å². The van der Waals surface area contributed by atoms with E-state index < -0.39 is 13.9 Å². The summed E-state index contributed by atoms with van der Waals surface area (Å²) in [4.78, 5) is 16.7. The minimum absolute atomic E-state index is 0.155. The first kappa shape index (κ1) is 33.0. The van der Waals surface area contributed by atoms with Gasteiger partial charge in [0.25, 0.3) is 5.89 Å². The van der Waals surface area contributed by atoms with Gasteiger partial charge in [-0.3, -0.25) is 9.88 Å². The number of benzene rings is 1. The summed E-state index contributed by atoms with van der Waals surface area (Å²) in [6, 6.07) is 12.0. The number of unbranched alkanes of at least 4 members (excludes halogenated alkanes) is 2. The summed E-state index contributed by atoms with van der Waals surface area (Å²) >= 11 is 0. The zero-order valence-corrected chi connectivity index (χ0v) is 28.9. The summed E-state index contributed by atoms with van der Waals surface area (Å²) in [7, 11) is -1.22. The maximum atomic E-state index is 6.40. The second kappa shape index (κ2) is 14.9. The summed E-state index contributed by atoms with van der Waals surface area (Å²) in [5.74, 6) is 0.713. The van der Waals surface area contributed by atoms with Crippen molar-refractivity contribution in [3.05, 3.63) is 66.4 Å². The van der Waals surface area contributed by atoms with Crippen LogP contribution in [0, 0.1) is 6.92 Å². The van der Waals surface area contributed by atoms with E-state index in [9.17, 15) is 0 Å². The highest BCUT2D eigenvalue weighted by atomic mass is 28.3. The van der Waals surface area contributed by atoms with Gasteiger partial charge in [0.05, 0.1) is 56.1 Å². The summed E-state index contributed by atoms with van der Waals surface area (Å²) in [6.07, 6.45) is 9.99. The van der Waals surface area contributed by atoms with E-state index in [2.05, 4.69) is 64.4 Å². The number of imidazole rings is 1. The van der Waals surface area contributed by atoms with E-state index in [0.29, 0.717) is 25.8 Å². The molecule has 2 aliphatic heterocycles. The zero-order valence-electron chi connectivity index (χ0n) is 27.9. The molecule has 11 heteroatoms. The van der Waals surface area contributed by atoms with Gasteiger partial charge in [-0.05, 0) is 44.0 Å². The maximum absolute atomic E-state index is 6.40. The quantitative estimate of drug-likeness (QED) is 0.101. The Bertz CT molecular complexity index is 1540. The standard InChI is InChI=1S/C35H49N5O5Si/c1-27-9-10-28-24-29(11-12-30(28)38-27)32-25-37-33(40(32)26-42-22-23-46(2,3)4)31(39-15-18-41-19-16-39)8-6-5-7-13-35(44-20-21-45-35)34-36-14-17-43-34/h9-12,14,17,24-25,31H,5-8,13,15-16,18-23,26H2,1-4H3. The third-order valence-corrected chi connectivity index (χ3v) is 10.7. The Hall–Kier alpha value is -2.93. The van der Waals surface area contributed by atoms with Crippen LogP contribution < -0.4 is 0 Å². The van der Waals surface area contributed by atoms with Crippen molar-refractivity contribution in [3.8, 4) is 11.3 Å². The van der Waals surface area contributed by atoms with Gasteiger partial charge in [-0.15, -0.1) is 0 Å². The Balaban J connectivity index is 1.22. The molecular formula is C35H49N5O5Si. The lowest BCUT2D eigenvalue weighted by Crippen LogP contribution is -2.40. The summed E-state index contributed by atoms with van der Waals surface area (Å²) < 4.78 is 32.1. The van der Waals surface area contributed by atoms with Crippen molar-refractivity contribution >= 4 is 19.0 Å². The van der Waals surface area contributed by atoms with Gasteiger partial charge in [0, 0.05) is 50.8 Å². The molecule has 2 fully saturated rings. The Morgan fingerprint density at radius 2 is 1.80 bits per heavy atom. The predicted octanol–water partition coefficient (Wildman–Crippen LogP) is 6.93. The number of aryl methyl sites for hydroxylation is 1. The minimum atomic E-state index is -1.22. The molecule has 46 heavy (non-hydrogen) atoms. The zero-order chi connectivity index (χ0) is 32.0. The molecule has 0 N–H and O–H groups in total. The van der Waals surface area contributed by atoms with Crippen LogP contribution >= 0.6 is 0 Å². The molecule has 2 aliphatic rings. The van der Waals surface area contributed by atoms with Crippen LogP contribution in [0.15, 0.2) is 53.4 Å². The molecule has 2 saturated heterocycles. The molecule has 0 radical (unpaired) electrons. The fraction of sp³-hybridized carbons (Fsp3) is 0.571. The van der Waals surface area contributed by atoms with Gasteiger partial charge in [-0.25, -0.2) is 9.97 Å². The number of fused-ring (bicyclic) bond motifs is 1. The second-order valence-electron chi connectivity index (χ2n) is 13.7. The van der Waals surface area contributed by atoms with Crippen LogP contribution in [0.3, 0.4) is 0 Å². The monoisotopic (exact) mass is 647 g/mol. The fourth-order valence-corrected chi connectivity index (χ4v) is 7.18. The molecule has 0 bridgehead atoms. The molecule has 0 amide bonds. The van der Waals surface area contributed by atoms with Crippen LogP contribution in [0.2, 0.25) is 25.7 Å². The molecule has 1 aromatic carbocycles. The average molecular weight is 648 g/mol. The molecule has 1 atom stereocenters. The molecule has 10 nitrogen and oxygen atoms in total.